The second kappa shape index (κ2) is 8.27. The average Bonchev–Trinajstić information content (AvgIpc) is 3.36. The van der Waals surface area contributed by atoms with E-state index < -0.39 is 18.3 Å². The molecule has 8 nitrogen and oxygen atoms in total. The fraction of sp³-hybridized carbons (Fsp3) is 0.300. The molecule has 156 valence electrons. The van der Waals surface area contributed by atoms with Gasteiger partial charge in [-0.2, -0.15) is 4.98 Å². The Bertz CT molecular complexity index is 1040. The van der Waals surface area contributed by atoms with E-state index in [1.54, 1.807) is 12.1 Å². The van der Waals surface area contributed by atoms with Gasteiger partial charge in [-0.3, -0.25) is 4.90 Å². The summed E-state index contributed by atoms with van der Waals surface area (Å²) < 4.78 is 24.2. The van der Waals surface area contributed by atoms with Crippen LogP contribution in [-0.2, 0) is 4.74 Å². The summed E-state index contributed by atoms with van der Waals surface area (Å²) in [6.07, 6.45) is -0.403. The van der Waals surface area contributed by atoms with Crippen LogP contribution in [0.25, 0.3) is 11.3 Å². The normalized spacial score (nSPS) is 18.2. The molecule has 1 unspecified atom stereocenters. The molecule has 1 N–H and O–H groups in total. The second-order valence-electron chi connectivity index (χ2n) is 6.92. The van der Waals surface area contributed by atoms with Crippen LogP contribution < -0.4 is 10.2 Å². The summed E-state index contributed by atoms with van der Waals surface area (Å²) >= 11 is 5.92. The lowest BCUT2D eigenvalue weighted by Gasteiger charge is -2.21. The maximum Gasteiger partial charge on any atom is 0.416 e. The molecule has 0 spiro atoms. The van der Waals surface area contributed by atoms with Crippen LogP contribution in [0.1, 0.15) is 25.6 Å². The lowest BCUT2D eigenvalue weighted by molar-refractivity contribution is 0.174. The molecule has 1 aliphatic rings. The van der Waals surface area contributed by atoms with Gasteiger partial charge in [-0.05, 0) is 44.2 Å². The van der Waals surface area contributed by atoms with Crippen LogP contribution in [0, 0.1) is 0 Å². The summed E-state index contributed by atoms with van der Waals surface area (Å²) in [5, 5.41) is 7.85. The van der Waals surface area contributed by atoms with Crippen LogP contribution in [0.15, 0.2) is 47.1 Å². The molecule has 1 amide bonds. The van der Waals surface area contributed by atoms with E-state index in [-0.39, 0.29) is 24.4 Å². The molecular weight excluding hydrogens is 413 g/mol. The number of anilines is 2. The minimum Gasteiger partial charge on any atom is -0.447 e. The molecule has 1 saturated heterocycles. The lowest BCUT2D eigenvalue weighted by atomic mass is 10.1. The number of hydrogen-bond donors (Lipinski definition) is 1. The number of nitrogens with one attached hydrogen (secondary N) is 1. The number of aromatic nitrogens is 3. The predicted molar refractivity (Wildman–Crippen MR) is 109 cm³/mol. The zero-order valence-electron chi connectivity index (χ0n) is 16.3. The largest absolute Gasteiger partial charge is 0.447 e. The molecule has 0 radical (unpaired) electrons. The van der Waals surface area contributed by atoms with E-state index in [0.29, 0.717) is 16.5 Å². The Morgan fingerprint density at radius 3 is 2.77 bits per heavy atom. The molecule has 4 rings (SSSR count). The lowest BCUT2D eigenvalue weighted by Crippen LogP contribution is -2.39. The van der Waals surface area contributed by atoms with Crippen LogP contribution in [0.4, 0.5) is 21.0 Å². The third-order valence-corrected chi connectivity index (χ3v) is 5.02. The Kier molecular flexibility index (Phi) is 5.54. The van der Waals surface area contributed by atoms with E-state index in [4.69, 9.17) is 20.9 Å². The third-order valence-electron chi connectivity index (χ3n) is 4.77. The van der Waals surface area contributed by atoms with Gasteiger partial charge in [0.05, 0.1) is 6.04 Å². The molecule has 2 aromatic heterocycles. The number of nitrogens with zero attached hydrogens (tertiary/aromatic N) is 4. The number of halogens is 2. The Morgan fingerprint density at radius 1 is 1.27 bits per heavy atom. The Hall–Kier alpha value is -3.20. The molecular formula is C20H19ClFN5O3. The summed E-state index contributed by atoms with van der Waals surface area (Å²) in [7, 11) is 0. The number of ether oxygens (including phenoxy) is 1. The number of benzene rings is 1. The van der Waals surface area contributed by atoms with E-state index in [1.807, 2.05) is 25.1 Å². The number of cyclic esters (lactones) is 1. The van der Waals surface area contributed by atoms with Crippen LogP contribution in [0.2, 0.25) is 5.02 Å². The first kappa shape index (κ1) is 20.1. The molecule has 30 heavy (non-hydrogen) atoms. The molecule has 1 aromatic carbocycles. The monoisotopic (exact) mass is 431 g/mol. The quantitative estimate of drug-likeness (QED) is 0.607. The van der Waals surface area contributed by atoms with Crippen molar-refractivity contribution in [2.45, 2.75) is 32.1 Å². The van der Waals surface area contributed by atoms with Gasteiger partial charge < -0.3 is 14.6 Å². The number of alkyl halides is 1. The van der Waals surface area contributed by atoms with Crippen molar-refractivity contribution in [3.63, 3.8) is 0 Å². The van der Waals surface area contributed by atoms with Gasteiger partial charge in [0.15, 0.2) is 5.76 Å². The van der Waals surface area contributed by atoms with Gasteiger partial charge in [-0.25, -0.2) is 14.2 Å². The molecule has 10 heteroatoms. The van der Waals surface area contributed by atoms with Crippen molar-refractivity contribution in [3.8, 4) is 11.3 Å². The first-order valence-electron chi connectivity index (χ1n) is 9.34. The van der Waals surface area contributed by atoms with Crippen LogP contribution in [0.3, 0.4) is 0 Å². The SMILES string of the molecule is C[C@H](Nc1nccc(N2C(=O)OCC2[C@H](C)F)n1)c1cc(-c2ccc(Cl)cc2)on1. The summed E-state index contributed by atoms with van der Waals surface area (Å²) in [4.78, 5) is 21.8. The van der Waals surface area contributed by atoms with Gasteiger partial charge in [0.2, 0.25) is 5.95 Å². The first-order chi connectivity index (χ1) is 14.4. The van der Waals surface area contributed by atoms with Crippen molar-refractivity contribution < 1.29 is 18.4 Å². The molecule has 1 aliphatic heterocycles. The Morgan fingerprint density at radius 2 is 2.03 bits per heavy atom. The van der Waals surface area contributed by atoms with Gasteiger partial charge in [0, 0.05) is 22.8 Å². The van der Waals surface area contributed by atoms with Gasteiger partial charge in [0.1, 0.15) is 30.3 Å². The molecule has 0 saturated carbocycles. The topological polar surface area (TPSA) is 93.4 Å². The van der Waals surface area contributed by atoms with Crippen molar-refractivity contribution in [1.82, 2.24) is 15.1 Å². The highest BCUT2D eigenvalue weighted by molar-refractivity contribution is 6.30. The standard InChI is InChI=1S/C20H19ClFN5O3/c1-11(22)16-10-29-20(28)27(16)18-7-8-23-19(25-18)24-12(2)15-9-17(30-26-15)13-3-5-14(21)6-4-13/h3-9,11-12,16H,10H2,1-2H3,(H,23,24,25)/t11-,12-,16?/m0/s1. The van der Waals surface area contributed by atoms with Gasteiger partial charge in [-0.15, -0.1) is 0 Å². The summed E-state index contributed by atoms with van der Waals surface area (Å²) in [5.74, 6) is 1.13. The minimum absolute atomic E-state index is 0.0217. The van der Waals surface area contributed by atoms with Gasteiger partial charge >= 0.3 is 6.09 Å². The second-order valence-corrected chi connectivity index (χ2v) is 7.36. The van der Waals surface area contributed by atoms with Crippen molar-refractivity contribution in [2.24, 2.45) is 0 Å². The van der Waals surface area contributed by atoms with E-state index in [9.17, 15) is 9.18 Å². The average molecular weight is 432 g/mol. The van der Waals surface area contributed by atoms with E-state index in [2.05, 4.69) is 20.4 Å². The van der Waals surface area contributed by atoms with E-state index in [0.717, 1.165) is 5.56 Å². The van der Waals surface area contributed by atoms with Gasteiger partial charge in [0.25, 0.3) is 0 Å². The summed E-state index contributed by atoms with van der Waals surface area (Å²) in [6, 6.07) is 9.56. The number of rotatable bonds is 6. The maximum atomic E-state index is 13.9. The fourth-order valence-electron chi connectivity index (χ4n) is 3.10. The molecule has 1 fully saturated rings. The van der Waals surface area contributed by atoms with Crippen molar-refractivity contribution in [1.29, 1.82) is 0 Å². The minimum atomic E-state index is -1.26. The molecule has 3 atom stereocenters. The highest BCUT2D eigenvalue weighted by atomic mass is 35.5. The molecule has 0 bridgehead atoms. The zero-order chi connectivity index (χ0) is 21.3. The van der Waals surface area contributed by atoms with Crippen molar-refractivity contribution in [3.05, 3.63) is 53.3 Å². The summed E-state index contributed by atoms with van der Waals surface area (Å²) in [5.41, 5.74) is 1.49. The van der Waals surface area contributed by atoms with Crippen molar-refractivity contribution in [2.75, 3.05) is 16.8 Å². The predicted octanol–water partition coefficient (Wildman–Crippen LogP) is 4.64. The van der Waals surface area contributed by atoms with E-state index in [1.165, 1.54) is 24.1 Å². The van der Waals surface area contributed by atoms with Gasteiger partial charge in [-0.1, -0.05) is 16.8 Å². The smallest absolute Gasteiger partial charge is 0.416 e. The highest BCUT2D eigenvalue weighted by Gasteiger charge is 2.39. The number of hydrogen-bond acceptors (Lipinski definition) is 7. The van der Waals surface area contributed by atoms with Crippen LogP contribution in [0.5, 0.6) is 0 Å². The maximum absolute atomic E-state index is 13.9. The Balaban J connectivity index is 1.50. The zero-order valence-corrected chi connectivity index (χ0v) is 17.0. The fourth-order valence-corrected chi connectivity index (χ4v) is 3.23. The third kappa shape index (κ3) is 4.06. The number of amides is 1. The molecule has 0 aliphatic carbocycles. The highest BCUT2D eigenvalue weighted by Crippen LogP contribution is 2.27. The Labute approximate surface area is 177 Å². The van der Waals surface area contributed by atoms with Crippen LogP contribution >= 0.6 is 11.6 Å². The first-order valence-corrected chi connectivity index (χ1v) is 9.72. The summed E-state index contributed by atoms with van der Waals surface area (Å²) in [6.45, 7) is 3.23. The van der Waals surface area contributed by atoms with E-state index >= 15 is 0 Å². The molecule has 3 heterocycles. The van der Waals surface area contributed by atoms with Crippen LogP contribution in [-0.4, -0.2) is 40.0 Å². The van der Waals surface area contributed by atoms with Crippen molar-refractivity contribution >= 4 is 29.5 Å². The number of carbonyl (C=O) groups excluding carboxylic acids is 1. The number of carbonyl (C=O) groups is 1. The molecule has 3 aromatic rings.